The number of nitrogens with zero attached hydrogens (tertiary/aromatic N) is 2. The van der Waals surface area contributed by atoms with Gasteiger partial charge in [0.2, 0.25) is 0 Å². The standard InChI is InChI=1S/C14H27N3O/c1-4-8-16(2)9-5-10-17(3)12-6-7-13(15)14(18)11-12/h6-7,11,13-14,18H,4-5,8-10,15H2,1-3H3. The highest BCUT2D eigenvalue weighted by Crippen LogP contribution is 2.13. The van der Waals surface area contributed by atoms with Crippen molar-refractivity contribution in [3.8, 4) is 0 Å². The Morgan fingerprint density at radius 2 is 2.00 bits per heavy atom. The molecule has 3 N–H and O–H groups in total. The third-order valence-corrected chi connectivity index (χ3v) is 3.30. The molecule has 0 aliphatic heterocycles. The predicted molar refractivity (Wildman–Crippen MR) is 76.2 cm³/mol. The van der Waals surface area contributed by atoms with E-state index in [-0.39, 0.29) is 6.04 Å². The van der Waals surface area contributed by atoms with Crippen LogP contribution in [0, 0.1) is 0 Å². The molecular formula is C14H27N3O. The van der Waals surface area contributed by atoms with Gasteiger partial charge in [-0.1, -0.05) is 13.0 Å². The first-order chi connectivity index (χ1) is 8.54. The first-order valence-corrected chi connectivity index (χ1v) is 6.78. The van der Waals surface area contributed by atoms with Crippen LogP contribution < -0.4 is 5.73 Å². The van der Waals surface area contributed by atoms with Crippen LogP contribution in [0.4, 0.5) is 0 Å². The number of likely N-dealkylation sites (N-methyl/N-ethyl adjacent to an activating group) is 1. The number of rotatable bonds is 7. The highest BCUT2D eigenvalue weighted by molar-refractivity contribution is 5.26. The Balaban J connectivity index is 2.31. The lowest BCUT2D eigenvalue weighted by Crippen LogP contribution is -2.35. The quantitative estimate of drug-likeness (QED) is 0.704. The van der Waals surface area contributed by atoms with E-state index in [9.17, 15) is 5.11 Å². The molecule has 2 unspecified atom stereocenters. The SMILES string of the molecule is CCCN(C)CCCN(C)C1=CC(O)C(N)C=C1. The topological polar surface area (TPSA) is 52.7 Å². The number of aliphatic hydroxyl groups excluding tert-OH is 1. The van der Waals surface area contributed by atoms with E-state index in [4.69, 9.17) is 5.73 Å². The van der Waals surface area contributed by atoms with E-state index >= 15 is 0 Å². The molecule has 0 saturated heterocycles. The molecule has 4 heteroatoms. The van der Waals surface area contributed by atoms with Crippen LogP contribution in [0.25, 0.3) is 0 Å². The molecule has 1 aliphatic carbocycles. The minimum atomic E-state index is -0.560. The molecule has 0 aromatic carbocycles. The molecule has 0 radical (unpaired) electrons. The number of hydrogen-bond acceptors (Lipinski definition) is 4. The van der Waals surface area contributed by atoms with Crippen LogP contribution in [-0.2, 0) is 0 Å². The van der Waals surface area contributed by atoms with Crippen LogP contribution in [0.15, 0.2) is 23.9 Å². The van der Waals surface area contributed by atoms with Gasteiger partial charge in [0.1, 0.15) is 0 Å². The molecule has 0 heterocycles. The molecule has 104 valence electrons. The van der Waals surface area contributed by atoms with Gasteiger partial charge in [0.05, 0.1) is 12.1 Å². The molecule has 0 amide bonds. The molecule has 1 aliphatic rings. The van der Waals surface area contributed by atoms with Crippen molar-refractivity contribution >= 4 is 0 Å². The fraction of sp³-hybridized carbons (Fsp3) is 0.714. The predicted octanol–water partition coefficient (Wildman–Crippen LogP) is 0.792. The average molecular weight is 253 g/mol. The minimum Gasteiger partial charge on any atom is -0.387 e. The average Bonchev–Trinajstić information content (AvgIpc) is 2.33. The maximum absolute atomic E-state index is 9.69. The lowest BCUT2D eigenvalue weighted by atomic mass is 10.0. The van der Waals surface area contributed by atoms with Gasteiger partial charge in [-0.05, 0) is 45.1 Å². The van der Waals surface area contributed by atoms with Crippen molar-refractivity contribution in [3.05, 3.63) is 23.9 Å². The summed E-state index contributed by atoms with van der Waals surface area (Å²) in [6, 6.07) is -0.266. The summed E-state index contributed by atoms with van der Waals surface area (Å²) in [6.45, 7) is 5.45. The van der Waals surface area contributed by atoms with Gasteiger partial charge in [-0.25, -0.2) is 0 Å². The zero-order valence-electron chi connectivity index (χ0n) is 11.8. The third kappa shape index (κ3) is 4.80. The van der Waals surface area contributed by atoms with Crippen molar-refractivity contribution in [3.63, 3.8) is 0 Å². The first kappa shape index (κ1) is 15.2. The zero-order valence-corrected chi connectivity index (χ0v) is 11.8. The number of nitrogens with two attached hydrogens (primary N) is 1. The second-order valence-electron chi connectivity index (χ2n) is 5.10. The Hall–Kier alpha value is -0.840. The Morgan fingerprint density at radius 1 is 1.28 bits per heavy atom. The Bertz CT molecular complexity index is 301. The molecule has 1 rings (SSSR count). The molecule has 2 atom stereocenters. The van der Waals surface area contributed by atoms with Crippen LogP contribution in [-0.4, -0.2) is 60.8 Å². The normalized spacial score (nSPS) is 23.3. The lowest BCUT2D eigenvalue weighted by Gasteiger charge is -2.26. The van der Waals surface area contributed by atoms with Crippen molar-refractivity contribution in [1.82, 2.24) is 9.80 Å². The summed E-state index contributed by atoms with van der Waals surface area (Å²) in [7, 11) is 4.21. The van der Waals surface area contributed by atoms with Crippen LogP contribution in [0.2, 0.25) is 0 Å². The van der Waals surface area contributed by atoms with Crippen molar-refractivity contribution in [2.45, 2.75) is 31.9 Å². The second-order valence-corrected chi connectivity index (χ2v) is 5.10. The van der Waals surface area contributed by atoms with E-state index in [1.54, 1.807) is 0 Å². The van der Waals surface area contributed by atoms with Gasteiger partial charge in [-0.15, -0.1) is 0 Å². The Labute approximate surface area is 111 Å². The minimum absolute atomic E-state index is 0.266. The van der Waals surface area contributed by atoms with Crippen molar-refractivity contribution < 1.29 is 5.11 Å². The lowest BCUT2D eigenvalue weighted by molar-refractivity contribution is 0.202. The molecule has 0 aromatic rings. The van der Waals surface area contributed by atoms with E-state index in [0.717, 1.165) is 31.8 Å². The number of aliphatic hydroxyl groups is 1. The van der Waals surface area contributed by atoms with Gasteiger partial charge < -0.3 is 20.6 Å². The van der Waals surface area contributed by atoms with E-state index < -0.39 is 6.10 Å². The number of allylic oxidation sites excluding steroid dienone is 1. The fourth-order valence-corrected chi connectivity index (χ4v) is 2.12. The molecule has 4 nitrogen and oxygen atoms in total. The van der Waals surface area contributed by atoms with Gasteiger partial charge >= 0.3 is 0 Å². The van der Waals surface area contributed by atoms with E-state index in [0.29, 0.717) is 0 Å². The maximum Gasteiger partial charge on any atom is 0.0930 e. The van der Waals surface area contributed by atoms with Crippen molar-refractivity contribution in [2.24, 2.45) is 5.73 Å². The summed E-state index contributed by atoms with van der Waals surface area (Å²) >= 11 is 0. The highest BCUT2D eigenvalue weighted by atomic mass is 16.3. The van der Waals surface area contributed by atoms with Gasteiger partial charge in [-0.2, -0.15) is 0 Å². The largest absolute Gasteiger partial charge is 0.387 e. The highest BCUT2D eigenvalue weighted by Gasteiger charge is 2.15. The fourth-order valence-electron chi connectivity index (χ4n) is 2.12. The molecular weight excluding hydrogens is 226 g/mol. The molecule has 0 bridgehead atoms. The van der Waals surface area contributed by atoms with Gasteiger partial charge in [0.25, 0.3) is 0 Å². The Kier molecular flexibility index (Phi) is 6.39. The smallest absolute Gasteiger partial charge is 0.0930 e. The van der Waals surface area contributed by atoms with E-state index in [1.165, 1.54) is 6.42 Å². The molecule has 0 spiro atoms. The van der Waals surface area contributed by atoms with E-state index in [1.807, 2.05) is 18.2 Å². The van der Waals surface area contributed by atoms with Crippen LogP contribution in [0.5, 0.6) is 0 Å². The maximum atomic E-state index is 9.69. The van der Waals surface area contributed by atoms with Gasteiger partial charge in [0, 0.05) is 19.3 Å². The molecule has 0 saturated carbocycles. The monoisotopic (exact) mass is 253 g/mol. The summed E-state index contributed by atoms with van der Waals surface area (Å²) < 4.78 is 0. The second kappa shape index (κ2) is 7.56. The molecule has 0 aromatic heterocycles. The van der Waals surface area contributed by atoms with Gasteiger partial charge in [0.15, 0.2) is 0 Å². The third-order valence-electron chi connectivity index (χ3n) is 3.30. The van der Waals surface area contributed by atoms with Crippen molar-refractivity contribution in [2.75, 3.05) is 33.7 Å². The summed E-state index contributed by atoms with van der Waals surface area (Å²) in [5, 5.41) is 9.69. The molecule has 18 heavy (non-hydrogen) atoms. The van der Waals surface area contributed by atoms with Crippen LogP contribution >= 0.6 is 0 Å². The summed E-state index contributed by atoms with van der Waals surface area (Å²) in [5.41, 5.74) is 6.76. The summed E-state index contributed by atoms with van der Waals surface area (Å²) in [5.74, 6) is 0. The number of hydrogen-bond donors (Lipinski definition) is 2. The first-order valence-electron chi connectivity index (χ1n) is 6.78. The van der Waals surface area contributed by atoms with Crippen LogP contribution in [0.1, 0.15) is 19.8 Å². The summed E-state index contributed by atoms with van der Waals surface area (Å²) in [4.78, 5) is 4.52. The molecule has 0 fully saturated rings. The van der Waals surface area contributed by atoms with Gasteiger partial charge in [-0.3, -0.25) is 0 Å². The summed E-state index contributed by atoms with van der Waals surface area (Å²) in [6.07, 6.45) is 7.45. The Morgan fingerprint density at radius 3 is 2.61 bits per heavy atom. The van der Waals surface area contributed by atoms with Crippen LogP contribution in [0.3, 0.4) is 0 Å². The van der Waals surface area contributed by atoms with E-state index in [2.05, 4.69) is 30.8 Å². The zero-order chi connectivity index (χ0) is 13.5. The van der Waals surface area contributed by atoms with Crippen molar-refractivity contribution in [1.29, 1.82) is 0 Å².